The third-order valence-electron chi connectivity index (χ3n) is 6.92. The number of nitrogens with one attached hydrogen (secondary N) is 1. The third-order valence-corrected chi connectivity index (χ3v) is 9.38. The Hall–Kier alpha value is -2.58. The van der Waals surface area contributed by atoms with Crippen LogP contribution < -0.4 is 21.0 Å². The van der Waals surface area contributed by atoms with Crippen molar-refractivity contribution in [1.82, 2.24) is 14.6 Å². The molecule has 10 nitrogen and oxygen atoms in total. The molecule has 1 aliphatic heterocycles. The summed E-state index contributed by atoms with van der Waals surface area (Å²) in [6.45, 7) is -0.0303. The number of carbonyl (C=O) groups excluding carboxylic acids is 1. The molecule has 0 saturated carbocycles. The van der Waals surface area contributed by atoms with E-state index >= 15 is 4.39 Å². The van der Waals surface area contributed by atoms with Crippen LogP contribution in [0.1, 0.15) is 57.4 Å². The SMILES string of the molecule is CC(C)OC(=O)[C@H](C)NP(=S)(OC[C@]1(C(F)F)CC(F)[C@H](n2cc(F)c(N)nc2=O)O1)Oc1cccc2c1CCCC2. The summed E-state index contributed by atoms with van der Waals surface area (Å²) in [7, 11) is 0. The largest absolute Gasteiger partial charge is 0.462 e. The topological polar surface area (TPSA) is 127 Å². The second kappa shape index (κ2) is 13.0. The maximum absolute atomic E-state index is 15.2. The molecule has 2 unspecified atom stereocenters. The molecule has 2 heterocycles. The number of fused-ring (bicyclic) bond motifs is 1. The summed E-state index contributed by atoms with van der Waals surface area (Å²) in [6.07, 6.45) is -4.83. The summed E-state index contributed by atoms with van der Waals surface area (Å²) in [6, 6.07) is 4.34. The number of ether oxygens (including phenoxy) is 2. The summed E-state index contributed by atoms with van der Waals surface area (Å²) in [5.74, 6) is -2.19. The highest BCUT2D eigenvalue weighted by atomic mass is 32.5. The molecule has 1 aromatic carbocycles. The zero-order valence-corrected chi connectivity index (χ0v) is 24.9. The van der Waals surface area contributed by atoms with E-state index in [1.165, 1.54) is 6.92 Å². The fourth-order valence-electron chi connectivity index (χ4n) is 4.83. The Kier molecular flexibility index (Phi) is 9.98. The van der Waals surface area contributed by atoms with Crippen molar-refractivity contribution in [2.24, 2.45) is 0 Å². The van der Waals surface area contributed by atoms with Gasteiger partial charge >= 0.3 is 18.3 Å². The first-order valence-electron chi connectivity index (χ1n) is 13.4. The lowest BCUT2D eigenvalue weighted by Gasteiger charge is -2.33. The number of nitrogens with two attached hydrogens (primary N) is 1. The molecule has 1 aromatic heterocycles. The number of alkyl halides is 3. The monoisotopic (exact) mass is 636 g/mol. The number of aromatic nitrogens is 2. The number of nitrogens with zero attached hydrogens (tertiary/aromatic N) is 2. The quantitative estimate of drug-likeness (QED) is 0.209. The average molecular weight is 637 g/mol. The van der Waals surface area contributed by atoms with Gasteiger partial charge in [-0.05, 0) is 75.5 Å². The fourth-order valence-corrected chi connectivity index (χ4v) is 7.28. The molecule has 16 heteroatoms. The number of nitrogen functional groups attached to an aromatic ring is 1. The Balaban J connectivity index is 1.63. The molecule has 1 saturated heterocycles. The number of rotatable bonds is 11. The zero-order chi connectivity index (χ0) is 30.8. The number of carbonyl (C=O) groups is 1. The number of hydrogen-bond acceptors (Lipinski definition) is 9. The number of halogens is 4. The minimum Gasteiger partial charge on any atom is -0.462 e. The number of hydrogen-bond donors (Lipinski definition) is 2. The van der Waals surface area contributed by atoms with Gasteiger partial charge in [-0.25, -0.2) is 27.4 Å². The van der Waals surface area contributed by atoms with Crippen molar-refractivity contribution in [2.45, 2.75) is 89.4 Å². The van der Waals surface area contributed by atoms with Crippen LogP contribution in [0.3, 0.4) is 0 Å². The van der Waals surface area contributed by atoms with Crippen molar-refractivity contribution in [3.63, 3.8) is 0 Å². The van der Waals surface area contributed by atoms with Crippen LogP contribution in [0.15, 0.2) is 29.2 Å². The third kappa shape index (κ3) is 7.13. The first-order chi connectivity index (χ1) is 19.7. The lowest BCUT2D eigenvalue weighted by molar-refractivity contribution is -0.168. The maximum Gasteiger partial charge on any atom is 0.351 e. The van der Waals surface area contributed by atoms with E-state index in [0.717, 1.165) is 30.4 Å². The van der Waals surface area contributed by atoms with Gasteiger partial charge in [0.1, 0.15) is 18.0 Å². The first-order valence-corrected chi connectivity index (χ1v) is 16.0. The van der Waals surface area contributed by atoms with Gasteiger partial charge in [-0.1, -0.05) is 12.1 Å². The van der Waals surface area contributed by atoms with Gasteiger partial charge in [-0.15, -0.1) is 0 Å². The summed E-state index contributed by atoms with van der Waals surface area (Å²) in [5, 5.41) is 2.79. The lowest BCUT2D eigenvalue weighted by Crippen LogP contribution is -2.44. The van der Waals surface area contributed by atoms with E-state index in [-0.39, 0.29) is 0 Å². The van der Waals surface area contributed by atoms with Gasteiger partial charge in [-0.2, -0.15) is 4.98 Å². The van der Waals surface area contributed by atoms with Crippen molar-refractivity contribution in [1.29, 1.82) is 0 Å². The van der Waals surface area contributed by atoms with Crippen LogP contribution >= 0.6 is 6.64 Å². The smallest absolute Gasteiger partial charge is 0.351 e. The van der Waals surface area contributed by atoms with Crippen molar-refractivity contribution < 1.29 is 40.9 Å². The summed E-state index contributed by atoms with van der Waals surface area (Å²) >= 11 is 5.70. The summed E-state index contributed by atoms with van der Waals surface area (Å²) in [5.41, 5.74) is 3.43. The fraction of sp³-hybridized carbons (Fsp3) is 0.577. The van der Waals surface area contributed by atoms with Crippen molar-refractivity contribution in [3.05, 3.63) is 51.8 Å². The molecule has 0 radical (unpaired) electrons. The molecule has 0 amide bonds. The van der Waals surface area contributed by atoms with E-state index in [2.05, 4.69) is 10.1 Å². The molecule has 1 aliphatic carbocycles. The summed E-state index contributed by atoms with van der Waals surface area (Å²) < 4.78 is 81.3. The molecule has 4 rings (SSSR count). The van der Waals surface area contributed by atoms with E-state index in [0.29, 0.717) is 22.9 Å². The number of benzene rings is 1. The van der Waals surface area contributed by atoms with Crippen LogP contribution in [-0.2, 0) is 43.4 Å². The van der Waals surface area contributed by atoms with Crippen molar-refractivity contribution in [2.75, 3.05) is 12.3 Å². The zero-order valence-electron chi connectivity index (χ0n) is 23.2. The highest BCUT2D eigenvalue weighted by molar-refractivity contribution is 8.09. The predicted octanol–water partition coefficient (Wildman–Crippen LogP) is 4.35. The number of esters is 1. The van der Waals surface area contributed by atoms with E-state index in [1.807, 2.05) is 6.07 Å². The Morgan fingerprint density at radius 3 is 2.71 bits per heavy atom. The molecule has 3 N–H and O–H groups in total. The van der Waals surface area contributed by atoms with Crippen molar-refractivity contribution >= 4 is 30.2 Å². The molecule has 5 atom stereocenters. The van der Waals surface area contributed by atoms with Crippen molar-refractivity contribution in [3.8, 4) is 5.75 Å². The van der Waals surface area contributed by atoms with Crippen LogP contribution in [0, 0.1) is 5.82 Å². The number of aryl methyl sites for hydroxylation is 1. The Morgan fingerprint density at radius 2 is 2.02 bits per heavy atom. The Labute approximate surface area is 245 Å². The highest BCUT2D eigenvalue weighted by Gasteiger charge is 2.55. The van der Waals surface area contributed by atoms with Gasteiger partial charge < -0.3 is 24.3 Å². The van der Waals surface area contributed by atoms with E-state index in [9.17, 15) is 22.8 Å². The van der Waals surface area contributed by atoms with E-state index in [1.54, 1.807) is 26.0 Å². The van der Waals surface area contributed by atoms with Crippen LogP contribution in [0.25, 0.3) is 0 Å². The maximum atomic E-state index is 15.2. The minimum atomic E-state index is -3.82. The van der Waals surface area contributed by atoms with Gasteiger partial charge in [0.15, 0.2) is 23.5 Å². The molecule has 42 heavy (non-hydrogen) atoms. The molecule has 1 fully saturated rings. The summed E-state index contributed by atoms with van der Waals surface area (Å²) in [4.78, 5) is 28.1. The molecule has 2 aromatic rings. The van der Waals surface area contributed by atoms with Crippen LogP contribution in [0.5, 0.6) is 5.75 Å². The average Bonchev–Trinajstić information content (AvgIpc) is 3.27. The van der Waals surface area contributed by atoms with Gasteiger partial charge in [0.05, 0.1) is 18.9 Å². The normalized spacial score (nSPS) is 24.3. The molecular weight excluding hydrogens is 603 g/mol. The molecule has 0 spiro atoms. The second-order valence-corrected chi connectivity index (χ2v) is 13.7. The second-order valence-electron chi connectivity index (χ2n) is 10.6. The Bertz CT molecular complexity index is 1420. The molecular formula is C26H33F4N4O6PS. The standard InChI is InChI=1S/C26H33F4N4O6PS/c1-14(2)38-23(35)15(3)33-41(42,40-20-10-6-8-16-7-4-5-9-17(16)20)37-13-26(24(29)30)11-18(27)22(39-26)34-12-19(28)21(31)32-25(34)36/h6,8,10,12,14-15,18,22,24H,4-5,7,9,11,13H2,1-3H3,(H,33,42)(H2,31,32,36)/t15-,18?,22+,26-,41?/m0/s1. The van der Waals surface area contributed by atoms with Gasteiger partial charge in [0.2, 0.25) is 0 Å². The number of anilines is 1. The molecule has 2 aliphatic rings. The lowest BCUT2D eigenvalue weighted by atomic mass is 9.91. The van der Waals surface area contributed by atoms with E-state index < -0.39 is 79.5 Å². The van der Waals surface area contributed by atoms with E-state index in [4.69, 9.17) is 36.1 Å². The highest BCUT2D eigenvalue weighted by Crippen LogP contribution is 2.51. The van der Waals surface area contributed by atoms with Gasteiger partial charge in [-0.3, -0.25) is 9.36 Å². The first kappa shape index (κ1) is 32.3. The van der Waals surface area contributed by atoms with Crippen LogP contribution in [-0.4, -0.2) is 52.5 Å². The minimum absolute atomic E-state index is 0.377. The van der Waals surface area contributed by atoms with Crippen LogP contribution in [0.2, 0.25) is 0 Å². The predicted molar refractivity (Wildman–Crippen MR) is 149 cm³/mol. The molecule has 232 valence electrons. The van der Waals surface area contributed by atoms with Gasteiger partial charge in [0.25, 0.3) is 6.43 Å². The van der Waals surface area contributed by atoms with Crippen LogP contribution in [0.4, 0.5) is 23.4 Å². The molecule has 0 bridgehead atoms. The Morgan fingerprint density at radius 1 is 1.31 bits per heavy atom. The van der Waals surface area contributed by atoms with Gasteiger partial charge in [0, 0.05) is 6.42 Å².